The van der Waals surface area contributed by atoms with Crippen LogP contribution in [0.15, 0.2) is 11.1 Å². The van der Waals surface area contributed by atoms with Crippen LogP contribution in [0.2, 0.25) is 0 Å². The van der Waals surface area contributed by atoms with Crippen molar-refractivity contribution in [1.82, 2.24) is 0 Å². The molecule has 0 radical (unpaired) electrons. The van der Waals surface area contributed by atoms with Gasteiger partial charge in [-0.15, -0.1) is 0 Å². The van der Waals surface area contributed by atoms with Crippen LogP contribution >= 0.6 is 0 Å². The van der Waals surface area contributed by atoms with E-state index in [1.165, 1.54) is 0 Å². The Hall–Kier alpha value is -0.750. The number of methoxy groups -OCH3 is 1. The van der Waals surface area contributed by atoms with Gasteiger partial charge in [0.1, 0.15) is 5.78 Å². The third kappa shape index (κ3) is 2.28. The molecule has 5 heteroatoms. The number of ether oxygens (including phenoxy) is 2. The third-order valence-corrected chi connectivity index (χ3v) is 9.86. The zero-order valence-electron chi connectivity index (χ0n) is 19.2. The van der Waals surface area contributed by atoms with Gasteiger partial charge in [0.15, 0.2) is 0 Å². The lowest BCUT2D eigenvalue weighted by Crippen LogP contribution is -2.74. The van der Waals surface area contributed by atoms with Crippen molar-refractivity contribution >= 4 is 5.78 Å². The SMILES string of the molecule is CO[C@H]1C[C@H]2OC[C@@]2(C)C2[C@H](C)[C@]3(O)C[C@H](O)C(C)=C([C@@H](C)C(=O)[C@@]21C)C3(C)C. The number of hydrogen-bond acceptors (Lipinski definition) is 5. The molecule has 1 saturated heterocycles. The largest absolute Gasteiger partial charge is 0.389 e. The Balaban J connectivity index is 2.02. The molecule has 0 amide bonds. The molecule has 29 heavy (non-hydrogen) atoms. The van der Waals surface area contributed by atoms with Crippen molar-refractivity contribution < 1.29 is 24.5 Å². The van der Waals surface area contributed by atoms with Crippen molar-refractivity contribution in [3.63, 3.8) is 0 Å². The van der Waals surface area contributed by atoms with Crippen molar-refractivity contribution in [3.05, 3.63) is 11.1 Å². The minimum Gasteiger partial charge on any atom is -0.389 e. The molecule has 0 aromatic heterocycles. The van der Waals surface area contributed by atoms with E-state index in [0.717, 1.165) is 11.1 Å². The number of carbonyl (C=O) groups excluding carboxylic acids is 1. The highest BCUT2D eigenvalue weighted by Crippen LogP contribution is 2.67. The van der Waals surface area contributed by atoms with E-state index in [1.807, 2.05) is 27.7 Å². The summed E-state index contributed by atoms with van der Waals surface area (Å²) < 4.78 is 11.9. The maximum Gasteiger partial charge on any atom is 0.148 e. The maximum absolute atomic E-state index is 14.2. The summed E-state index contributed by atoms with van der Waals surface area (Å²) in [5.74, 6) is -0.512. The minimum atomic E-state index is -1.12. The molecule has 164 valence electrons. The smallest absolute Gasteiger partial charge is 0.148 e. The van der Waals surface area contributed by atoms with Crippen LogP contribution < -0.4 is 0 Å². The van der Waals surface area contributed by atoms with Gasteiger partial charge in [-0.2, -0.15) is 0 Å². The Morgan fingerprint density at radius 3 is 2.31 bits per heavy atom. The summed E-state index contributed by atoms with van der Waals surface area (Å²) in [7, 11) is 1.68. The average molecular weight is 407 g/mol. The lowest BCUT2D eigenvalue weighted by Gasteiger charge is -2.69. The summed E-state index contributed by atoms with van der Waals surface area (Å²) >= 11 is 0. The molecular formula is C24H38O5. The highest BCUT2D eigenvalue weighted by molar-refractivity contribution is 5.91. The number of aliphatic hydroxyl groups is 2. The standard InChI is InChI=1S/C24H38O5/c1-12-15(25)10-24(27)14(3)19-22(6)11-29-16(22)9-17(28-8)23(19,7)20(26)13(2)18(12)21(24,4)5/h13-17,19,25,27H,9-11H2,1-8H3/t13-,14+,15+,16-,17+,19?,22-,23-,24-/m1/s1. The highest BCUT2D eigenvalue weighted by Gasteiger charge is 2.72. The summed E-state index contributed by atoms with van der Waals surface area (Å²) in [4.78, 5) is 14.2. The molecule has 1 unspecified atom stereocenters. The molecule has 4 aliphatic rings. The molecule has 2 saturated carbocycles. The van der Waals surface area contributed by atoms with Crippen LogP contribution in [-0.2, 0) is 14.3 Å². The number of fused-ring (bicyclic) bond motifs is 5. The van der Waals surface area contributed by atoms with E-state index in [2.05, 4.69) is 20.8 Å². The second-order valence-electron chi connectivity index (χ2n) is 11.3. The van der Waals surface area contributed by atoms with Gasteiger partial charge in [0.2, 0.25) is 0 Å². The summed E-state index contributed by atoms with van der Waals surface area (Å²) in [6.45, 7) is 14.9. The van der Waals surface area contributed by atoms with E-state index >= 15 is 0 Å². The van der Waals surface area contributed by atoms with Crippen molar-refractivity contribution in [2.75, 3.05) is 13.7 Å². The lowest BCUT2D eigenvalue weighted by molar-refractivity contribution is -0.303. The average Bonchev–Trinajstić information content (AvgIpc) is 2.63. The topological polar surface area (TPSA) is 76.0 Å². The van der Waals surface area contributed by atoms with Crippen molar-refractivity contribution in [2.24, 2.45) is 34.0 Å². The maximum atomic E-state index is 14.2. The van der Waals surface area contributed by atoms with Crippen LogP contribution in [0, 0.1) is 34.0 Å². The number of aliphatic hydroxyl groups excluding tert-OH is 1. The zero-order valence-corrected chi connectivity index (χ0v) is 19.2. The Morgan fingerprint density at radius 2 is 1.79 bits per heavy atom. The molecule has 0 aromatic rings. The van der Waals surface area contributed by atoms with Crippen LogP contribution in [-0.4, -0.2) is 53.6 Å². The van der Waals surface area contributed by atoms with Gasteiger partial charge in [-0.1, -0.05) is 34.6 Å². The van der Waals surface area contributed by atoms with Crippen molar-refractivity contribution in [1.29, 1.82) is 0 Å². The first-order valence-corrected chi connectivity index (χ1v) is 11.1. The zero-order chi connectivity index (χ0) is 21.7. The van der Waals surface area contributed by atoms with Crippen LogP contribution in [0.1, 0.15) is 61.3 Å². The molecule has 5 nitrogen and oxygen atoms in total. The Kier molecular flexibility index (Phi) is 4.56. The number of carbonyl (C=O) groups is 1. The van der Waals surface area contributed by atoms with E-state index < -0.39 is 22.5 Å². The van der Waals surface area contributed by atoms with Crippen molar-refractivity contribution in [3.8, 4) is 0 Å². The normalized spacial score (nSPS) is 54.1. The summed E-state index contributed by atoms with van der Waals surface area (Å²) in [5.41, 5.74) is -0.897. The predicted octanol–water partition coefficient (Wildman–Crippen LogP) is 3.13. The fourth-order valence-electron chi connectivity index (χ4n) is 8.28. The Morgan fingerprint density at radius 1 is 1.17 bits per heavy atom. The predicted molar refractivity (Wildman–Crippen MR) is 110 cm³/mol. The van der Waals surface area contributed by atoms with Gasteiger partial charge in [-0.3, -0.25) is 4.79 Å². The molecule has 1 heterocycles. The minimum absolute atomic E-state index is 0.0347. The molecule has 3 aliphatic carbocycles. The van der Waals surface area contributed by atoms with Gasteiger partial charge >= 0.3 is 0 Å². The van der Waals surface area contributed by atoms with Gasteiger partial charge in [0.05, 0.1) is 35.9 Å². The molecule has 2 bridgehead atoms. The van der Waals surface area contributed by atoms with E-state index in [9.17, 15) is 15.0 Å². The quantitative estimate of drug-likeness (QED) is 0.655. The summed E-state index contributed by atoms with van der Waals surface area (Å²) in [5, 5.41) is 23.2. The van der Waals surface area contributed by atoms with Crippen LogP contribution in [0.5, 0.6) is 0 Å². The first-order chi connectivity index (χ1) is 13.3. The van der Waals surface area contributed by atoms with Crippen LogP contribution in [0.25, 0.3) is 0 Å². The fourth-order valence-corrected chi connectivity index (χ4v) is 8.28. The molecule has 0 aromatic carbocycles. The third-order valence-electron chi connectivity index (χ3n) is 9.86. The van der Waals surface area contributed by atoms with E-state index in [-0.39, 0.29) is 41.2 Å². The highest BCUT2D eigenvalue weighted by atomic mass is 16.5. The summed E-state index contributed by atoms with van der Waals surface area (Å²) in [6.07, 6.45) is 0.0527. The fraction of sp³-hybridized carbons (Fsp3) is 0.875. The lowest BCUT2D eigenvalue weighted by atomic mass is 9.40. The second-order valence-corrected chi connectivity index (χ2v) is 11.3. The van der Waals surface area contributed by atoms with E-state index in [4.69, 9.17) is 9.47 Å². The number of ketones is 1. The second kappa shape index (κ2) is 6.15. The van der Waals surface area contributed by atoms with E-state index in [1.54, 1.807) is 7.11 Å². The molecule has 3 fully saturated rings. The van der Waals surface area contributed by atoms with Crippen LogP contribution in [0.4, 0.5) is 0 Å². The van der Waals surface area contributed by atoms with Gasteiger partial charge < -0.3 is 19.7 Å². The molecule has 1 aliphatic heterocycles. The molecule has 9 atom stereocenters. The number of rotatable bonds is 1. The number of hydrogen-bond donors (Lipinski definition) is 2. The Labute approximate surface area is 174 Å². The Bertz CT molecular complexity index is 771. The molecule has 2 N–H and O–H groups in total. The van der Waals surface area contributed by atoms with Crippen LogP contribution in [0.3, 0.4) is 0 Å². The van der Waals surface area contributed by atoms with Gasteiger partial charge in [0.25, 0.3) is 0 Å². The molecule has 4 rings (SSSR count). The van der Waals surface area contributed by atoms with Gasteiger partial charge in [0, 0.05) is 36.7 Å². The molecular weight excluding hydrogens is 368 g/mol. The van der Waals surface area contributed by atoms with Gasteiger partial charge in [-0.05, 0) is 36.8 Å². The molecule has 0 spiro atoms. The first-order valence-electron chi connectivity index (χ1n) is 11.1. The summed E-state index contributed by atoms with van der Waals surface area (Å²) in [6, 6.07) is 0. The monoisotopic (exact) mass is 406 g/mol. The number of Topliss-reactive ketones (excluding diaryl/α,β-unsaturated/α-hetero) is 1. The van der Waals surface area contributed by atoms with Gasteiger partial charge in [-0.25, -0.2) is 0 Å². The van der Waals surface area contributed by atoms with E-state index in [0.29, 0.717) is 19.4 Å². The first kappa shape index (κ1) is 21.5. The van der Waals surface area contributed by atoms with Crippen molar-refractivity contribution in [2.45, 2.75) is 85.2 Å².